The van der Waals surface area contributed by atoms with E-state index in [4.69, 9.17) is 9.26 Å². The van der Waals surface area contributed by atoms with Gasteiger partial charge in [0, 0.05) is 26.3 Å². The zero-order valence-electron chi connectivity index (χ0n) is 14.8. The average molecular weight is 370 g/mol. The van der Waals surface area contributed by atoms with Gasteiger partial charge in [-0.3, -0.25) is 4.79 Å². The molecular weight excluding hydrogens is 351 g/mol. The van der Waals surface area contributed by atoms with Crippen LogP contribution in [0.5, 0.6) is 5.75 Å². The van der Waals surface area contributed by atoms with Gasteiger partial charge in [-0.2, -0.15) is 4.98 Å². The zero-order chi connectivity index (χ0) is 18.8. The minimum atomic E-state index is -0.342. The standard InChI is InChI=1S/C19H19FN4O3/c1-23-9-2-3-16(23)18-21-19(27-22-18)13-8-10-24(11-13)17(25)12-26-15-6-4-14(20)5-7-15/h2-7,9,13H,8,10-12H2,1H3. The van der Waals surface area contributed by atoms with E-state index in [1.54, 1.807) is 4.90 Å². The molecule has 0 radical (unpaired) electrons. The molecule has 1 atom stereocenters. The summed E-state index contributed by atoms with van der Waals surface area (Å²) in [5, 5.41) is 4.05. The molecule has 3 aromatic rings. The van der Waals surface area contributed by atoms with Gasteiger partial charge in [0.1, 0.15) is 11.6 Å². The monoisotopic (exact) mass is 370 g/mol. The number of halogens is 1. The van der Waals surface area contributed by atoms with Gasteiger partial charge < -0.3 is 18.7 Å². The second-order valence-electron chi connectivity index (χ2n) is 6.53. The van der Waals surface area contributed by atoms with E-state index in [1.165, 1.54) is 24.3 Å². The molecule has 1 saturated heterocycles. The Hall–Kier alpha value is -3.16. The molecule has 1 aliphatic rings. The van der Waals surface area contributed by atoms with Crippen LogP contribution in [0.1, 0.15) is 18.2 Å². The lowest BCUT2D eigenvalue weighted by Crippen LogP contribution is -2.32. The molecule has 0 spiro atoms. The summed E-state index contributed by atoms with van der Waals surface area (Å²) in [5.74, 6) is 1.10. The van der Waals surface area contributed by atoms with Crippen LogP contribution >= 0.6 is 0 Å². The lowest BCUT2D eigenvalue weighted by Gasteiger charge is -2.16. The third kappa shape index (κ3) is 3.69. The minimum Gasteiger partial charge on any atom is -0.484 e. The van der Waals surface area contributed by atoms with Crippen molar-refractivity contribution in [1.82, 2.24) is 19.6 Å². The summed E-state index contributed by atoms with van der Waals surface area (Å²) in [6, 6.07) is 9.43. The third-order valence-corrected chi connectivity index (χ3v) is 4.68. The van der Waals surface area contributed by atoms with Crippen molar-refractivity contribution in [3.63, 3.8) is 0 Å². The lowest BCUT2D eigenvalue weighted by atomic mass is 10.1. The van der Waals surface area contributed by atoms with E-state index in [0.29, 0.717) is 30.6 Å². The Kier molecular flexibility index (Phi) is 4.62. The van der Waals surface area contributed by atoms with Gasteiger partial charge >= 0.3 is 0 Å². The molecule has 7 nitrogen and oxygen atoms in total. The summed E-state index contributed by atoms with van der Waals surface area (Å²) >= 11 is 0. The number of ether oxygens (including phenoxy) is 1. The Morgan fingerprint density at radius 1 is 1.33 bits per heavy atom. The van der Waals surface area contributed by atoms with Crippen LogP contribution in [-0.4, -0.2) is 45.2 Å². The van der Waals surface area contributed by atoms with Gasteiger partial charge in [0.15, 0.2) is 6.61 Å². The molecule has 27 heavy (non-hydrogen) atoms. The largest absolute Gasteiger partial charge is 0.484 e. The smallest absolute Gasteiger partial charge is 0.260 e. The van der Waals surface area contributed by atoms with Crippen LogP contribution in [0, 0.1) is 5.82 Å². The molecule has 8 heteroatoms. The number of aryl methyl sites for hydroxylation is 1. The quantitative estimate of drug-likeness (QED) is 0.690. The Labute approximate surface area is 155 Å². The molecule has 1 aliphatic heterocycles. The number of carbonyl (C=O) groups excluding carboxylic acids is 1. The summed E-state index contributed by atoms with van der Waals surface area (Å²) in [6.45, 7) is 1.04. The molecule has 0 N–H and O–H groups in total. The number of benzene rings is 1. The summed E-state index contributed by atoms with van der Waals surface area (Å²) < 4.78 is 25.7. The molecule has 140 valence electrons. The van der Waals surface area contributed by atoms with Gasteiger partial charge in [0.2, 0.25) is 11.7 Å². The predicted molar refractivity (Wildman–Crippen MR) is 94.5 cm³/mol. The van der Waals surface area contributed by atoms with Crippen molar-refractivity contribution in [1.29, 1.82) is 0 Å². The summed E-state index contributed by atoms with van der Waals surface area (Å²) in [6.07, 6.45) is 2.68. The van der Waals surface area contributed by atoms with Gasteiger partial charge in [0.05, 0.1) is 11.6 Å². The first-order valence-electron chi connectivity index (χ1n) is 8.71. The first kappa shape index (κ1) is 17.3. The first-order chi connectivity index (χ1) is 13.1. The van der Waals surface area contributed by atoms with Crippen LogP contribution in [0.4, 0.5) is 4.39 Å². The molecule has 3 heterocycles. The molecular formula is C19H19FN4O3. The maximum absolute atomic E-state index is 12.9. The average Bonchev–Trinajstić information content (AvgIpc) is 3.40. The fourth-order valence-electron chi connectivity index (χ4n) is 3.15. The number of carbonyl (C=O) groups is 1. The molecule has 4 rings (SSSR count). The highest BCUT2D eigenvalue weighted by Gasteiger charge is 2.31. The second kappa shape index (κ2) is 7.22. The van der Waals surface area contributed by atoms with Crippen LogP contribution in [0.25, 0.3) is 11.5 Å². The molecule has 0 bridgehead atoms. The van der Waals surface area contributed by atoms with Gasteiger partial charge in [-0.05, 0) is 42.8 Å². The van der Waals surface area contributed by atoms with Crippen molar-refractivity contribution in [2.75, 3.05) is 19.7 Å². The fraction of sp³-hybridized carbons (Fsp3) is 0.316. The number of likely N-dealkylation sites (tertiary alicyclic amines) is 1. The van der Waals surface area contributed by atoms with Gasteiger partial charge in [-0.25, -0.2) is 4.39 Å². The Morgan fingerprint density at radius 2 is 2.15 bits per heavy atom. The van der Waals surface area contributed by atoms with E-state index in [1.807, 2.05) is 29.9 Å². The number of amides is 1. The molecule has 1 amide bonds. The van der Waals surface area contributed by atoms with Crippen molar-refractivity contribution in [3.05, 3.63) is 54.3 Å². The van der Waals surface area contributed by atoms with E-state index in [-0.39, 0.29) is 24.2 Å². The van der Waals surface area contributed by atoms with Crippen molar-refractivity contribution in [2.24, 2.45) is 7.05 Å². The fourth-order valence-corrected chi connectivity index (χ4v) is 3.15. The number of nitrogens with zero attached hydrogens (tertiary/aromatic N) is 4. The van der Waals surface area contributed by atoms with E-state index < -0.39 is 0 Å². The summed E-state index contributed by atoms with van der Waals surface area (Å²) in [5.41, 5.74) is 0.878. The molecule has 1 unspecified atom stereocenters. The maximum atomic E-state index is 12.9. The summed E-state index contributed by atoms with van der Waals surface area (Å²) in [4.78, 5) is 18.6. The molecule has 0 aliphatic carbocycles. The zero-order valence-corrected chi connectivity index (χ0v) is 14.8. The van der Waals surface area contributed by atoms with Crippen molar-refractivity contribution >= 4 is 5.91 Å². The van der Waals surface area contributed by atoms with Gasteiger partial charge in [-0.1, -0.05) is 5.16 Å². The highest BCUT2D eigenvalue weighted by Crippen LogP contribution is 2.28. The van der Waals surface area contributed by atoms with Crippen molar-refractivity contribution in [3.8, 4) is 17.3 Å². The molecule has 1 fully saturated rings. The topological polar surface area (TPSA) is 73.4 Å². The van der Waals surface area contributed by atoms with E-state index in [9.17, 15) is 9.18 Å². The number of aromatic nitrogens is 3. The molecule has 1 aromatic carbocycles. The Balaban J connectivity index is 1.34. The normalized spacial score (nSPS) is 16.7. The second-order valence-corrected chi connectivity index (χ2v) is 6.53. The van der Waals surface area contributed by atoms with Crippen molar-refractivity contribution in [2.45, 2.75) is 12.3 Å². The van der Waals surface area contributed by atoms with Crippen LogP contribution < -0.4 is 4.74 Å². The number of hydrogen-bond acceptors (Lipinski definition) is 5. The van der Waals surface area contributed by atoms with Crippen molar-refractivity contribution < 1.29 is 18.4 Å². The van der Waals surface area contributed by atoms with Crippen LogP contribution in [0.3, 0.4) is 0 Å². The number of hydrogen-bond donors (Lipinski definition) is 0. The van der Waals surface area contributed by atoms with Crippen LogP contribution in [0.15, 0.2) is 47.1 Å². The Morgan fingerprint density at radius 3 is 2.89 bits per heavy atom. The van der Waals surface area contributed by atoms with E-state index >= 15 is 0 Å². The minimum absolute atomic E-state index is 0.0151. The van der Waals surface area contributed by atoms with Gasteiger partial charge in [-0.15, -0.1) is 0 Å². The SMILES string of the molecule is Cn1cccc1-c1noc(C2CCN(C(=O)COc3ccc(F)cc3)C2)n1. The molecule has 2 aromatic heterocycles. The van der Waals surface area contributed by atoms with E-state index in [0.717, 1.165) is 12.1 Å². The number of rotatable bonds is 5. The summed E-state index contributed by atoms with van der Waals surface area (Å²) in [7, 11) is 1.92. The highest BCUT2D eigenvalue weighted by molar-refractivity contribution is 5.78. The maximum Gasteiger partial charge on any atom is 0.260 e. The Bertz CT molecular complexity index is 935. The third-order valence-electron chi connectivity index (χ3n) is 4.68. The van der Waals surface area contributed by atoms with E-state index in [2.05, 4.69) is 10.1 Å². The first-order valence-corrected chi connectivity index (χ1v) is 8.71. The van der Waals surface area contributed by atoms with Crippen LogP contribution in [0.2, 0.25) is 0 Å². The molecule has 0 saturated carbocycles. The van der Waals surface area contributed by atoms with Gasteiger partial charge in [0.25, 0.3) is 5.91 Å². The highest BCUT2D eigenvalue weighted by atomic mass is 19.1. The lowest BCUT2D eigenvalue weighted by molar-refractivity contribution is -0.132. The predicted octanol–water partition coefficient (Wildman–Crippen LogP) is 2.61. The van der Waals surface area contributed by atoms with Crippen LogP contribution in [-0.2, 0) is 11.8 Å².